The number of phenols is 1. The van der Waals surface area contributed by atoms with Crippen molar-refractivity contribution in [3.05, 3.63) is 29.3 Å². The van der Waals surface area contributed by atoms with Crippen LogP contribution in [0, 0.1) is 12.8 Å². The van der Waals surface area contributed by atoms with Gasteiger partial charge in [0.15, 0.2) is 0 Å². The molecular formula is C12H19NO. The van der Waals surface area contributed by atoms with Gasteiger partial charge in [0.25, 0.3) is 0 Å². The van der Waals surface area contributed by atoms with Crippen molar-refractivity contribution in [3.63, 3.8) is 0 Å². The molecule has 0 amide bonds. The van der Waals surface area contributed by atoms with E-state index in [9.17, 15) is 5.11 Å². The van der Waals surface area contributed by atoms with E-state index in [2.05, 4.69) is 13.8 Å². The minimum atomic E-state index is 0.114. The highest BCUT2D eigenvalue weighted by atomic mass is 16.3. The first-order chi connectivity index (χ1) is 6.50. The number of aryl methyl sites for hydroxylation is 1. The van der Waals surface area contributed by atoms with Crippen molar-refractivity contribution in [1.82, 2.24) is 0 Å². The third-order valence-corrected chi connectivity index (χ3v) is 2.55. The maximum atomic E-state index is 9.61. The van der Waals surface area contributed by atoms with E-state index in [-0.39, 0.29) is 6.04 Å². The average molecular weight is 193 g/mol. The number of benzene rings is 1. The summed E-state index contributed by atoms with van der Waals surface area (Å²) in [6.07, 6.45) is 0.741. The largest absolute Gasteiger partial charge is 0.508 e. The van der Waals surface area contributed by atoms with Gasteiger partial charge in [0, 0.05) is 6.04 Å². The lowest BCUT2D eigenvalue weighted by molar-refractivity contribution is 0.448. The first-order valence-corrected chi connectivity index (χ1v) is 5.04. The molecule has 0 fully saturated rings. The van der Waals surface area contributed by atoms with Crippen LogP contribution in [0.4, 0.5) is 0 Å². The Morgan fingerprint density at radius 2 is 2.00 bits per heavy atom. The topological polar surface area (TPSA) is 46.2 Å². The van der Waals surface area contributed by atoms with Crippen LogP contribution in [0.1, 0.15) is 25.0 Å². The van der Waals surface area contributed by atoms with Crippen molar-refractivity contribution in [2.75, 3.05) is 0 Å². The molecule has 0 saturated carbocycles. The summed E-state index contributed by atoms with van der Waals surface area (Å²) in [5.74, 6) is 0.793. The van der Waals surface area contributed by atoms with E-state index in [1.807, 2.05) is 19.1 Å². The highest BCUT2D eigenvalue weighted by molar-refractivity contribution is 5.36. The molecule has 0 aliphatic carbocycles. The van der Waals surface area contributed by atoms with E-state index in [1.54, 1.807) is 6.07 Å². The number of phenolic OH excluding ortho intramolecular Hbond substituents is 1. The highest BCUT2D eigenvalue weighted by Gasteiger charge is 2.11. The molecule has 1 atom stereocenters. The average Bonchev–Trinajstić information content (AvgIpc) is 2.11. The van der Waals surface area contributed by atoms with Crippen LogP contribution in [-0.4, -0.2) is 11.1 Å². The smallest absolute Gasteiger partial charge is 0.118 e. The molecule has 78 valence electrons. The molecule has 0 heterocycles. The van der Waals surface area contributed by atoms with Crippen LogP contribution in [0.2, 0.25) is 0 Å². The Kier molecular flexibility index (Phi) is 3.53. The van der Waals surface area contributed by atoms with Crippen LogP contribution in [0.25, 0.3) is 0 Å². The zero-order valence-electron chi connectivity index (χ0n) is 9.12. The third kappa shape index (κ3) is 2.74. The molecule has 14 heavy (non-hydrogen) atoms. The second-order valence-corrected chi connectivity index (χ2v) is 4.24. The molecular weight excluding hydrogens is 174 g/mol. The molecule has 1 aromatic rings. The first-order valence-electron chi connectivity index (χ1n) is 5.04. The van der Waals surface area contributed by atoms with Crippen molar-refractivity contribution in [2.24, 2.45) is 11.7 Å². The van der Waals surface area contributed by atoms with Gasteiger partial charge in [-0.25, -0.2) is 0 Å². The Balaban J connectivity index is 2.80. The number of hydrogen-bond acceptors (Lipinski definition) is 2. The van der Waals surface area contributed by atoms with Crippen molar-refractivity contribution in [2.45, 2.75) is 33.2 Å². The number of rotatable bonds is 3. The fourth-order valence-corrected chi connectivity index (χ4v) is 1.37. The fraction of sp³-hybridized carbons (Fsp3) is 0.500. The van der Waals surface area contributed by atoms with Gasteiger partial charge in [-0.15, -0.1) is 0 Å². The monoisotopic (exact) mass is 193 g/mol. The Hall–Kier alpha value is -1.02. The third-order valence-electron chi connectivity index (χ3n) is 2.55. The van der Waals surface area contributed by atoms with Crippen molar-refractivity contribution in [3.8, 4) is 5.75 Å². The van der Waals surface area contributed by atoms with Crippen LogP contribution in [0.5, 0.6) is 5.75 Å². The summed E-state index contributed by atoms with van der Waals surface area (Å²) in [7, 11) is 0. The van der Waals surface area contributed by atoms with Crippen LogP contribution in [-0.2, 0) is 6.42 Å². The minimum absolute atomic E-state index is 0.114. The standard InChI is InChI=1S/C12H19NO/c1-8(2)11(13)7-10-6-9(3)4-5-12(10)14/h4-6,8,11,14H,7,13H2,1-3H3. The van der Waals surface area contributed by atoms with Crippen molar-refractivity contribution in [1.29, 1.82) is 0 Å². The number of aromatic hydroxyl groups is 1. The lowest BCUT2D eigenvalue weighted by Crippen LogP contribution is -2.28. The van der Waals surface area contributed by atoms with Crippen LogP contribution < -0.4 is 5.73 Å². The Morgan fingerprint density at radius 3 is 2.57 bits per heavy atom. The van der Waals surface area contributed by atoms with E-state index in [0.717, 1.165) is 17.5 Å². The van der Waals surface area contributed by atoms with Gasteiger partial charge in [-0.05, 0) is 30.9 Å². The second-order valence-electron chi connectivity index (χ2n) is 4.24. The van der Waals surface area contributed by atoms with Crippen molar-refractivity contribution < 1.29 is 5.11 Å². The summed E-state index contributed by atoms with van der Waals surface area (Å²) in [6, 6.07) is 5.75. The van der Waals surface area contributed by atoms with Gasteiger partial charge in [0.1, 0.15) is 5.75 Å². The summed E-state index contributed by atoms with van der Waals surface area (Å²) < 4.78 is 0. The van der Waals surface area contributed by atoms with Crippen molar-refractivity contribution >= 4 is 0 Å². The quantitative estimate of drug-likeness (QED) is 0.773. The molecule has 1 rings (SSSR count). The summed E-state index contributed by atoms with van der Waals surface area (Å²) in [4.78, 5) is 0. The predicted octanol–water partition coefficient (Wildman–Crippen LogP) is 2.23. The van der Waals surface area contributed by atoms with Gasteiger partial charge < -0.3 is 10.8 Å². The lowest BCUT2D eigenvalue weighted by atomic mass is 9.96. The maximum Gasteiger partial charge on any atom is 0.118 e. The van der Waals surface area contributed by atoms with Gasteiger partial charge in [-0.1, -0.05) is 31.5 Å². The summed E-state index contributed by atoms with van der Waals surface area (Å²) in [5.41, 5.74) is 8.07. The van der Waals surface area contributed by atoms with E-state index in [4.69, 9.17) is 5.73 Å². The zero-order chi connectivity index (χ0) is 10.7. The molecule has 1 aromatic carbocycles. The Morgan fingerprint density at radius 1 is 1.36 bits per heavy atom. The van der Waals surface area contributed by atoms with Gasteiger partial charge >= 0.3 is 0 Å². The van der Waals surface area contributed by atoms with E-state index < -0.39 is 0 Å². The SMILES string of the molecule is Cc1ccc(O)c(CC(N)C(C)C)c1. The summed E-state index contributed by atoms with van der Waals surface area (Å²) in [6.45, 7) is 6.21. The normalized spacial score (nSPS) is 13.2. The Labute approximate surface area is 85.8 Å². The molecule has 0 aliphatic rings. The zero-order valence-corrected chi connectivity index (χ0v) is 9.12. The van der Waals surface area contributed by atoms with E-state index in [1.165, 1.54) is 0 Å². The van der Waals surface area contributed by atoms with Crippen LogP contribution in [0.15, 0.2) is 18.2 Å². The fourth-order valence-electron chi connectivity index (χ4n) is 1.37. The molecule has 0 spiro atoms. The summed E-state index contributed by atoms with van der Waals surface area (Å²) in [5, 5.41) is 9.61. The first kappa shape index (κ1) is 11.1. The molecule has 0 saturated heterocycles. The van der Waals surface area contributed by atoms with E-state index in [0.29, 0.717) is 11.7 Å². The molecule has 0 bridgehead atoms. The molecule has 0 aromatic heterocycles. The molecule has 1 unspecified atom stereocenters. The molecule has 2 heteroatoms. The maximum absolute atomic E-state index is 9.61. The lowest BCUT2D eigenvalue weighted by Gasteiger charge is -2.16. The second kappa shape index (κ2) is 4.47. The summed E-state index contributed by atoms with van der Waals surface area (Å²) >= 11 is 0. The Bertz CT molecular complexity index is 307. The van der Waals surface area contributed by atoms with E-state index >= 15 is 0 Å². The molecule has 3 N–H and O–H groups in total. The van der Waals surface area contributed by atoms with Crippen LogP contribution in [0.3, 0.4) is 0 Å². The van der Waals surface area contributed by atoms with Crippen LogP contribution >= 0.6 is 0 Å². The van der Waals surface area contributed by atoms with Gasteiger partial charge in [0.2, 0.25) is 0 Å². The van der Waals surface area contributed by atoms with Gasteiger partial charge in [-0.2, -0.15) is 0 Å². The van der Waals surface area contributed by atoms with Gasteiger partial charge in [-0.3, -0.25) is 0 Å². The minimum Gasteiger partial charge on any atom is -0.508 e. The van der Waals surface area contributed by atoms with Gasteiger partial charge in [0.05, 0.1) is 0 Å². The molecule has 2 nitrogen and oxygen atoms in total. The predicted molar refractivity (Wildman–Crippen MR) is 59.4 cm³/mol. The number of hydrogen-bond donors (Lipinski definition) is 2. The molecule has 0 radical (unpaired) electrons. The number of nitrogens with two attached hydrogens (primary N) is 1. The highest BCUT2D eigenvalue weighted by Crippen LogP contribution is 2.20. The molecule has 0 aliphatic heterocycles.